The Kier molecular flexibility index (Phi) is 7.15. The van der Waals surface area contributed by atoms with Crippen LogP contribution in [-0.2, 0) is 20.0 Å². The average Bonchev–Trinajstić information content (AvgIpc) is 3.18. The number of rotatable bonds is 8. The molecule has 3 aromatic rings. The summed E-state index contributed by atoms with van der Waals surface area (Å²) >= 11 is 13.2. The second-order valence-electron chi connectivity index (χ2n) is 6.48. The molecule has 0 radical (unpaired) electrons. The van der Waals surface area contributed by atoms with Crippen molar-refractivity contribution >= 4 is 66.0 Å². The van der Waals surface area contributed by atoms with Gasteiger partial charge in [0.1, 0.15) is 20.6 Å². The number of nitrogens with one attached hydrogen (secondary N) is 2. The van der Waals surface area contributed by atoms with Gasteiger partial charge in [-0.15, -0.1) is 11.3 Å². The third-order valence-corrected chi connectivity index (χ3v) is 9.23. The lowest BCUT2D eigenvalue weighted by Gasteiger charge is -2.17. The largest absolute Gasteiger partial charge is 0.497 e. The number of benzene rings is 2. The monoisotopic (exact) mass is 536 g/mol. The highest BCUT2D eigenvalue weighted by molar-refractivity contribution is 7.94. The van der Waals surface area contributed by atoms with Gasteiger partial charge in [0, 0.05) is 6.07 Å². The van der Waals surface area contributed by atoms with Gasteiger partial charge in [0.2, 0.25) is 0 Å². The number of halogens is 2. The lowest BCUT2D eigenvalue weighted by Crippen LogP contribution is -2.18. The molecule has 3 rings (SSSR count). The molecule has 0 bridgehead atoms. The van der Waals surface area contributed by atoms with Crippen molar-refractivity contribution in [3.63, 3.8) is 0 Å². The van der Waals surface area contributed by atoms with Crippen LogP contribution in [0.4, 0.5) is 11.4 Å². The van der Waals surface area contributed by atoms with Crippen LogP contribution in [0, 0.1) is 6.92 Å². The quantitative estimate of drug-likeness (QED) is 0.419. The Morgan fingerprint density at radius 2 is 1.44 bits per heavy atom. The van der Waals surface area contributed by atoms with E-state index in [4.69, 9.17) is 32.7 Å². The second-order valence-corrected chi connectivity index (χ2v) is 11.8. The molecule has 8 nitrogen and oxygen atoms in total. The van der Waals surface area contributed by atoms with Crippen LogP contribution in [0.3, 0.4) is 0 Å². The number of methoxy groups -OCH3 is 2. The Hall–Kier alpha value is -2.18. The van der Waals surface area contributed by atoms with Crippen molar-refractivity contribution in [1.29, 1.82) is 0 Å². The van der Waals surface area contributed by atoms with Crippen LogP contribution in [0.25, 0.3) is 0 Å². The third-order valence-electron chi connectivity index (χ3n) is 4.18. The first-order valence-electron chi connectivity index (χ1n) is 8.78. The molecule has 2 N–H and O–H groups in total. The molecule has 32 heavy (non-hydrogen) atoms. The third kappa shape index (κ3) is 5.24. The minimum absolute atomic E-state index is 0.0287. The zero-order chi connectivity index (χ0) is 23.7. The molecule has 13 heteroatoms. The highest BCUT2D eigenvalue weighted by atomic mass is 35.5. The zero-order valence-electron chi connectivity index (χ0n) is 17.0. The van der Waals surface area contributed by atoms with E-state index in [9.17, 15) is 16.8 Å². The van der Waals surface area contributed by atoms with Crippen molar-refractivity contribution in [3.8, 4) is 11.5 Å². The fourth-order valence-electron chi connectivity index (χ4n) is 2.65. The van der Waals surface area contributed by atoms with E-state index in [0.717, 1.165) is 16.9 Å². The van der Waals surface area contributed by atoms with Crippen molar-refractivity contribution in [1.82, 2.24) is 0 Å². The molecule has 0 saturated carbocycles. The first-order chi connectivity index (χ1) is 15.0. The molecule has 1 aromatic heterocycles. The van der Waals surface area contributed by atoms with Crippen LogP contribution < -0.4 is 18.9 Å². The molecule has 0 aliphatic rings. The van der Waals surface area contributed by atoms with E-state index in [2.05, 4.69) is 9.44 Å². The number of hydrogen-bond donors (Lipinski definition) is 2. The van der Waals surface area contributed by atoms with E-state index in [1.807, 2.05) is 0 Å². The highest BCUT2D eigenvalue weighted by Crippen LogP contribution is 2.37. The summed E-state index contributed by atoms with van der Waals surface area (Å²) in [7, 11) is -5.46. The zero-order valence-corrected chi connectivity index (χ0v) is 20.9. The fraction of sp³-hybridized carbons (Fsp3) is 0.158. The van der Waals surface area contributed by atoms with Gasteiger partial charge in [-0.3, -0.25) is 9.44 Å². The lowest BCUT2D eigenvalue weighted by atomic mass is 10.3. The first-order valence-corrected chi connectivity index (χ1v) is 13.4. The summed E-state index contributed by atoms with van der Waals surface area (Å²) in [6, 6.07) is 8.10. The summed E-state index contributed by atoms with van der Waals surface area (Å²) in [6.45, 7) is 1.76. The molecular formula is C19H18Cl2N2O6S3. The fourth-order valence-corrected chi connectivity index (χ4v) is 6.50. The van der Waals surface area contributed by atoms with Crippen molar-refractivity contribution in [2.75, 3.05) is 23.7 Å². The van der Waals surface area contributed by atoms with Gasteiger partial charge in [-0.2, -0.15) is 0 Å². The summed E-state index contributed by atoms with van der Waals surface area (Å²) in [5.41, 5.74) is 0.563. The number of aryl methyl sites for hydroxylation is 1. The van der Waals surface area contributed by atoms with E-state index in [1.165, 1.54) is 50.6 Å². The van der Waals surface area contributed by atoms with E-state index in [1.54, 1.807) is 12.3 Å². The Morgan fingerprint density at radius 3 is 1.94 bits per heavy atom. The summed E-state index contributed by atoms with van der Waals surface area (Å²) in [5.74, 6) is 0.433. The Labute approximate surface area is 200 Å². The Balaban J connectivity index is 2.04. The molecule has 0 atom stereocenters. The molecule has 0 unspecified atom stereocenters. The van der Waals surface area contributed by atoms with Crippen LogP contribution in [0.5, 0.6) is 11.5 Å². The summed E-state index contributed by atoms with van der Waals surface area (Å²) in [6.07, 6.45) is 0. The Bertz CT molecular complexity index is 1370. The predicted molar refractivity (Wildman–Crippen MR) is 127 cm³/mol. The number of sulfonamides is 2. The predicted octanol–water partition coefficient (Wildman–Crippen LogP) is 4.98. The van der Waals surface area contributed by atoms with Gasteiger partial charge in [0.15, 0.2) is 0 Å². The average molecular weight is 537 g/mol. The number of thiophene rings is 1. The van der Waals surface area contributed by atoms with Crippen LogP contribution in [0.1, 0.15) is 5.56 Å². The molecule has 172 valence electrons. The van der Waals surface area contributed by atoms with Gasteiger partial charge in [-0.1, -0.05) is 23.2 Å². The Morgan fingerprint density at radius 1 is 0.844 bits per heavy atom. The summed E-state index contributed by atoms with van der Waals surface area (Å²) in [5, 5.41) is 1.75. The number of ether oxygens (including phenoxy) is 2. The SMILES string of the molecule is COc1ccc(S(=O)(=O)Nc2cc(Cl)c(Cl)cc2NS(=O)(=O)c2cc(C)cs2)c(OC)c1. The van der Waals surface area contributed by atoms with E-state index >= 15 is 0 Å². The van der Waals surface area contributed by atoms with Crippen molar-refractivity contribution < 1.29 is 26.3 Å². The molecule has 1 heterocycles. The molecule has 0 saturated heterocycles. The van der Waals surface area contributed by atoms with E-state index in [-0.39, 0.29) is 36.3 Å². The molecule has 2 aromatic carbocycles. The van der Waals surface area contributed by atoms with Gasteiger partial charge < -0.3 is 9.47 Å². The standard InChI is InChI=1S/C19H18Cl2N2O6S3/c1-11-6-19(30-10-11)32(26,27)23-16-9-14(21)13(20)8-15(16)22-31(24,25)18-5-4-12(28-2)7-17(18)29-3/h4-10,22-23H,1-3H3. The second kappa shape index (κ2) is 9.36. The first kappa shape index (κ1) is 24.5. The molecule has 0 spiro atoms. The molecule has 0 fully saturated rings. The minimum atomic E-state index is -4.21. The van der Waals surface area contributed by atoms with Crippen LogP contribution in [-0.4, -0.2) is 31.1 Å². The van der Waals surface area contributed by atoms with Crippen molar-refractivity contribution in [2.24, 2.45) is 0 Å². The lowest BCUT2D eigenvalue weighted by molar-refractivity contribution is 0.386. The van der Waals surface area contributed by atoms with Crippen molar-refractivity contribution in [2.45, 2.75) is 16.0 Å². The molecule has 0 amide bonds. The van der Waals surface area contributed by atoms with Crippen molar-refractivity contribution in [3.05, 3.63) is 57.4 Å². The molecular weight excluding hydrogens is 519 g/mol. The number of hydrogen-bond acceptors (Lipinski definition) is 7. The summed E-state index contributed by atoms with van der Waals surface area (Å²) in [4.78, 5) is -0.186. The minimum Gasteiger partial charge on any atom is -0.497 e. The van der Waals surface area contributed by atoms with Gasteiger partial charge >= 0.3 is 0 Å². The maximum Gasteiger partial charge on any atom is 0.271 e. The molecule has 0 aliphatic heterocycles. The van der Waals surface area contributed by atoms with E-state index in [0.29, 0.717) is 5.75 Å². The molecule has 0 aliphatic carbocycles. The van der Waals surface area contributed by atoms with Gasteiger partial charge in [-0.25, -0.2) is 16.8 Å². The van der Waals surface area contributed by atoms with Crippen LogP contribution in [0.2, 0.25) is 10.0 Å². The topological polar surface area (TPSA) is 111 Å². The van der Waals surface area contributed by atoms with Gasteiger partial charge in [-0.05, 0) is 48.2 Å². The van der Waals surface area contributed by atoms with Crippen LogP contribution >= 0.6 is 34.5 Å². The smallest absolute Gasteiger partial charge is 0.271 e. The maximum absolute atomic E-state index is 13.1. The number of anilines is 2. The van der Waals surface area contributed by atoms with Gasteiger partial charge in [0.25, 0.3) is 20.0 Å². The maximum atomic E-state index is 13.1. The summed E-state index contributed by atoms with van der Waals surface area (Å²) < 4.78 is 66.8. The highest BCUT2D eigenvalue weighted by Gasteiger charge is 2.24. The van der Waals surface area contributed by atoms with Gasteiger partial charge in [0.05, 0.1) is 35.6 Å². The van der Waals surface area contributed by atoms with Crippen LogP contribution in [0.15, 0.2) is 50.9 Å². The normalized spacial score (nSPS) is 11.8. The van der Waals surface area contributed by atoms with E-state index < -0.39 is 20.0 Å².